The highest BCUT2D eigenvalue weighted by Gasteiger charge is 2.51. The van der Waals surface area contributed by atoms with Gasteiger partial charge in [0, 0.05) is 20.1 Å². The first-order chi connectivity index (χ1) is 16.9. The molecule has 2 N–H and O–H groups in total. The lowest BCUT2D eigenvalue weighted by Crippen LogP contribution is -2.42. The molecule has 2 fully saturated rings. The van der Waals surface area contributed by atoms with Gasteiger partial charge in [0.25, 0.3) is 0 Å². The van der Waals surface area contributed by atoms with Crippen LogP contribution in [0, 0.1) is 17.2 Å². The molecule has 0 bridgehead atoms. The van der Waals surface area contributed by atoms with E-state index in [0.29, 0.717) is 24.6 Å². The number of hydrogen-bond donors (Lipinski definition) is 2. The summed E-state index contributed by atoms with van der Waals surface area (Å²) in [5, 5.41) is 27.1. The Hall–Kier alpha value is -3.02. The van der Waals surface area contributed by atoms with Gasteiger partial charge in [-0.2, -0.15) is 18.4 Å². The molecule has 10 nitrogen and oxygen atoms in total. The van der Waals surface area contributed by atoms with Crippen molar-refractivity contribution < 1.29 is 36.2 Å². The van der Waals surface area contributed by atoms with Gasteiger partial charge in [0.05, 0.1) is 51.4 Å². The minimum atomic E-state index is -4.99. The summed E-state index contributed by atoms with van der Waals surface area (Å²) in [6, 6.07) is 4.77. The Balaban J connectivity index is 1.64. The van der Waals surface area contributed by atoms with Gasteiger partial charge in [0.15, 0.2) is 9.84 Å². The summed E-state index contributed by atoms with van der Waals surface area (Å²) >= 11 is 0. The molecule has 0 unspecified atom stereocenters. The predicted octanol–water partition coefficient (Wildman–Crippen LogP) is 1.56. The van der Waals surface area contributed by atoms with Gasteiger partial charge >= 0.3 is 6.18 Å². The van der Waals surface area contributed by atoms with E-state index in [9.17, 15) is 31.6 Å². The van der Waals surface area contributed by atoms with Crippen molar-refractivity contribution in [1.29, 1.82) is 5.26 Å². The van der Waals surface area contributed by atoms with Crippen molar-refractivity contribution in [3.8, 4) is 11.8 Å². The molecule has 3 atom stereocenters. The number of methoxy groups -OCH3 is 1. The number of sulfone groups is 1. The number of aliphatic hydroxyl groups is 1. The lowest BCUT2D eigenvalue weighted by atomic mass is 10.0. The topological polar surface area (TPSA) is 147 Å². The molecular weight excluding hydrogens is 503 g/mol. The van der Waals surface area contributed by atoms with Gasteiger partial charge in [0.2, 0.25) is 5.91 Å². The third kappa shape index (κ3) is 4.95. The van der Waals surface area contributed by atoms with E-state index in [-0.39, 0.29) is 31.6 Å². The Labute approximate surface area is 205 Å². The van der Waals surface area contributed by atoms with Crippen molar-refractivity contribution >= 4 is 15.7 Å². The quantitative estimate of drug-likeness (QED) is 0.526. The Morgan fingerprint density at radius 3 is 2.67 bits per heavy atom. The van der Waals surface area contributed by atoms with Crippen molar-refractivity contribution in [2.75, 3.05) is 13.7 Å². The lowest BCUT2D eigenvalue weighted by molar-refractivity contribution is -0.140. The number of aromatic nitrogens is 3. The molecule has 1 amide bonds. The number of aliphatic hydroxyl groups excluding tert-OH is 1. The first-order valence-electron chi connectivity index (χ1n) is 11.2. The van der Waals surface area contributed by atoms with Crippen LogP contribution >= 0.6 is 0 Å². The summed E-state index contributed by atoms with van der Waals surface area (Å²) in [4.78, 5) is 11.9. The highest BCUT2D eigenvalue weighted by Crippen LogP contribution is 2.42. The van der Waals surface area contributed by atoms with Crippen molar-refractivity contribution in [3.05, 3.63) is 35.7 Å². The van der Waals surface area contributed by atoms with Crippen LogP contribution in [0.3, 0.4) is 0 Å². The Morgan fingerprint density at radius 1 is 1.36 bits per heavy atom. The second-order valence-electron chi connectivity index (χ2n) is 9.01. The number of rotatable bonds is 8. The third-order valence-corrected chi connectivity index (χ3v) is 8.85. The maximum Gasteiger partial charge on any atom is 0.417 e. The van der Waals surface area contributed by atoms with E-state index in [0.717, 1.165) is 10.7 Å². The number of alkyl halides is 3. The van der Waals surface area contributed by atoms with Crippen LogP contribution in [0.1, 0.15) is 36.9 Å². The van der Waals surface area contributed by atoms with Crippen LogP contribution in [0.5, 0.6) is 0 Å². The number of hydrogen-bond acceptors (Lipinski definition) is 8. The maximum absolute atomic E-state index is 14.0. The van der Waals surface area contributed by atoms with E-state index in [4.69, 9.17) is 9.84 Å². The zero-order valence-electron chi connectivity index (χ0n) is 19.2. The summed E-state index contributed by atoms with van der Waals surface area (Å²) in [5.74, 6) is -1.47. The highest BCUT2D eigenvalue weighted by atomic mass is 32.2. The number of ether oxygens (including phenoxy) is 1. The molecule has 1 aromatic carbocycles. The van der Waals surface area contributed by atoms with Gasteiger partial charge in [0.1, 0.15) is 5.54 Å². The number of benzene rings is 1. The maximum atomic E-state index is 14.0. The van der Waals surface area contributed by atoms with Gasteiger partial charge in [-0.15, -0.1) is 5.10 Å². The standard InChI is InChI=1S/C22H24F3N5O5S/c1-35-18-10-15(9-16(18)20(32)27-21(12-26)5-6-21)36(33,34)19-3-2-14(8-17(19)22(23,24)25)30-11-13(4-7-31)28-29-30/h2-3,8,11,15-16,18,31H,4-7,9-10H2,1H3,(H,27,32)/t15-,16-,18-/m0/s1. The molecule has 0 aliphatic heterocycles. The normalized spacial score (nSPS) is 23.3. The third-order valence-electron chi connectivity index (χ3n) is 6.61. The molecule has 0 radical (unpaired) electrons. The fraction of sp³-hybridized carbons (Fsp3) is 0.545. The number of carbonyl (C=O) groups is 1. The van der Waals surface area contributed by atoms with E-state index >= 15 is 0 Å². The number of nitrogens with one attached hydrogen (secondary N) is 1. The molecule has 1 aromatic heterocycles. The summed E-state index contributed by atoms with van der Waals surface area (Å²) in [6.45, 7) is -0.218. The molecule has 2 aliphatic rings. The molecule has 2 saturated carbocycles. The average Bonchev–Trinajstić information content (AvgIpc) is 3.23. The number of halogens is 3. The largest absolute Gasteiger partial charge is 0.417 e. The average molecular weight is 528 g/mol. The number of amides is 1. The fourth-order valence-corrected chi connectivity index (χ4v) is 6.43. The van der Waals surface area contributed by atoms with Crippen LogP contribution in [0.4, 0.5) is 13.2 Å². The summed E-state index contributed by atoms with van der Waals surface area (Å²) in [6.07, 6.45) is -3.75. The zero-order valence-corrected chi connectivity index (χ0v) is 20.0. The van der Waals surface area contributed by atoms with E-state index in [1.54, 1.807) is 0 Å². The second-order valence-corrected chi connectivity index (χ2v) is 11.2. The van der Waals surface area contributed by atoms with Gasteiger partial charge < -0.3 is 15.2 Å². The zero-order chi connectivity index (χ0) is 26.3. The van der Waals surface area contributed by atoms with E-state index in [1.807, 2.05) is 6.07 Å². The second kappa shape index (κ2) is 9.45. The lowest BCUT2D eigenvalue weighted by Gasteiger charge is -2.19. The van der Waals surface area contributed by atoms with Crippen LogP contribution < -0.4 is 5.32 Å². The molecule has 1 heterocycles. The van der Waals surface area contributed by atoms with Crippen molar-refractivity contribution in [2.24, 2.45) is 5.92 Å². The van der Waals surface area contributed by atoms with Crippen LogP contribution in [0.25, 0.3) is 5.69 Å². The Morgan fingerprint density at radius 2 is 2.08 bits per heavy atom. The van der Waals surface area contributed by atoms with Gasteiger partial charge in [-0.1, -0.05) is 5.21 Å². The molecule has 194 valence electrons. The smallest absolute Gasteiger partial charge is 0.396 e. The molecule has 0 saturated heterocycles. The molecule has 14 heteroatoms. The van der Waals surface area contributed by atoms with Crippen molar-refractivity contribution in [3.63, 3.8) is 0 Å². The molecule has 36 heavy (non-hydrogen) atoms. The summed E-state index contributed by atoms with van der Waals surface area (Å²) < 4.78 is 75.2. The highest BCUT2D eigenvalue weighted by molar-refractivity contribution is 7.92. The van der Waals surface area contributed by atoms with Gasteiger partial charge in [-0.25, -0.2) is 13.1 Å². The van der Waals surface area contributed by atoms with Crippen LogP contribution in [-0.2, 0) is 32.0 Å². The minimum Gasteiger partial charge on any atom is -0.396 e. The number of carbonyl (C=O) groups excluding carboxylic acids is 1. The van der Waals surface area contributed by atoms with Gasteiger partial charge in [-0.3, -0.25) is 4.79 Å². The molecule has 2 aliphatic carbocycles. The first-order valence-corrected chi connectivity index (χ1v) is 12.7. The van der Waals surface area contributed by atoms with Crippen molar-refractivity contribution in [2.45, 2.75) is 60.1 Å². The van der Waals surface area contributed by atoms with Crippen molar-refractivity contribution in [1.82, 2.24) is 20.3 Å². The Bertz CT molecular complexity index is 1300. The van der Waals surface area contributed by atoms with E-state index in [2.05, 4.69) is 15.6 Å². The minimum absolute atomic E-state index is 0.0531. The molecule has 4 rings (SSSR count). The SMILES string of the molecule is CO[C@H]1C[C@@H](S(=O)(=O)c2ccc(-n3cc(CCO)nn3)cc2C(F)(F)F)C[C@@H]1C(=O)NC1(C#N)CC1. The van der Waals surface area contributed by atoms with E-state index < -0.39 is 55.2 Å². The molecular formula is C22H24F3N5O5S. The molecule has 2 aromatic rings. The first kappa shape index (κ1) is 26.1. The number of nitriles is 1. The van der Waals surface area contributed by atoms with Crippen LogP contribution in [0.15, 0.2) is 29.3 Å². The van der Waals surface area contributed by atoms with Gasteiger partial charge in [-0.05, 0) is 43.9 Å². The predicted molar refractivity (Wildman–Crippen MR) is 117 cm³/mol. The molecule has 0 spiro atoms. The monoisotopic (exact) mass is 527 g/mol. The fourth-order valence-electron chi connectivity index (χ4n) is 4.43. The van der Waals surface area contributed by atoms with Crippen LogP contribution in [0.2, 0.25) is 0 Å². The summed E-state index contributed by atoms with van der Waals surface area (Å²) in [5.41, 5.74) is -2.03. The van der Waals surface area contributed by atoms with E-state index in [1.165, 1.54) is 19.4 Å². The van der Waals surface area contributed by atoms with Crippen LogP contribution in [-0.4, -0.2) is 65.0 Å². The summed E-state index contributed by atoms with van der Waals surface area (Å²) in [7, 11) is -3.22. The number of nitrogens with zero attached hydrogens (tertiary/aromatic N) is 4. The Kier molecular flexibility index (Phi) is 6.84.